The van der Waals surface area contributed by atoms with Gasteiger partial charge in [-0.1, -0.05) is 0 Å². The fourth-order valence-corrected chi connectivity index (χ4v) is 2.54. The van der Waals surface area contributed by atoms with E-state index in [9.17, 15) is 0 Å². The van der Waals surface area contributed by atoms with Crippen molar-refractivity contribution in [3.05, 3.63) is 22.3 Å². The molecule has 1 fully saturated rings. The minimum Gasteiger partial charge on any atom is -0.352 e. The lowest BCUT2D eigenvalue weighted by Gasteiger charge is -2.25. The number of nitrogens with zero attached hydrogens (tertiary/aromatic N) is 2. The van der Waals surface area contributed by atoms with Crippen LogP contribution in [0.2, 0.25) is 0 Å². The van der Waals surface area contributed by atoms with Gasteiger partial charge in [0.2, 0.25) is 0 Å². The van der Waals surface area contributed by atoms with E-state index in [0.29, 0.717) is 6.04 Å². The zero-order chi connectivity index (χ0) is 11.0. The molecule has 0 aromatic carbocycles. The van der Waals surface area contributed by atoms with Crippen LogP contribution in [0.15, 0.2) is 16.7 Å². The van der Waals surface area contributed by atoms with Gasteiger partial charge in [0.05, 0.1) is 0 Å². The van der Waals surface area contributed by atoms with Crippen LogP contribution < -0.4 is 10.6 Å². The van der Waals surface area contributed by atoms with Crippen LogP contribution in [0.4, 0.5) is 5.82 Å². The van der Waals surface area contributed by atoms with Crippen molar-refractivity contribution in [2.75, 3.05) is 11.4 Å². The smallest absolute Gasteiger partial charge is 0.131 e. The van der Waals surface area contributed by atoms with Crippen LogP contribution in [-0.2, 0) is 0 Å². The summed E-state index contributed by atoms with van der Waals surface area (Å²) in [5.74, 6) is 1.07. The predicted molar refractivity (Wildman–Crippen MR) is 66.1 cm³/mol. The van der Waals surface area contributed by atoms with Gasteiger partial charge in [0.15, 0.2) is 0 Å². The summed E-state index contributed by atoms with van der Waals surface area (Å²) in [7, 11) is 0. The normalized spacial score (nSPS) is 26.0. The zero-order valence-electron chi connectivity index (χ0n) is 9.07. The lowest BCUT2D eigenvalue weighted by atomic mass is 10.1. The molecule has 0 saturated carbocycles. The molecule has 1 aliphatic rings. The van der Waals surface area contributed by atoms with Gasteiger partial charge in [-0.25, -0.2) is 4.98 Å². The third kappa shape index (κ3) is 2.01. The summed E-state index contributed by atoms with van der Waals surface area (Å²) in [5, 5.41) is 0. The first kappa shape index (κ1) is 10.9. The Morgan fingerprint density at radius 1 is 1.60 bits per heavy atom. The maximum atomic E-state index is 6.01. The van der Waals surface area contributed by atoms with Crippen molar-refractivity contribution < 1.29 is 0 Å². The minimum atomic E-state index is 0.273. The Hall–Kier alpha value is -0.610. The van der Waals surface area contributed by atoms with Gasteiger partial charge in [-0.2, -0.15) is 0 Å². The van der Waals surface area contributed by atoms with Crippen LogP contribution in [0.5, 0.6) is 0 Å². The highest BCUT2D eigenvalue weighted by Gasteiger charge is 2.29. The number of hydrogen-bond donors (Lipinski definition) is 1. The Bertz CT molecular complexity index is 367. The molecule has 2 N–H and O–H groups in total. The molecule has 82 valence electrons. The molecule has 0 bridgehead atoms. The highest BCUT2D eigenvalue weighted by atomic mass is 79.9. The van der Waals surface area contributed by atoms with Crippen molar-refractivity contribution in [1.82, 2.24) is 4.98 Å². The summed E-state index contributed by atoms with van der Waals surface area (Å²) in [6.45, 7) is 5.27. The van der Waals surface area contributed by atoms with Crippen molar-refractivity contribution in [1.29, 1.82) is 0 Å². The van der Waals surface area contributed by atoms with Gasteiger partial charge in [0, 0.05) is 29.3 Å². The second kappa shape index (κ2) is 4.10. The monoisotopic (exact) mass is 269 g/mol. The van der Waals surface area contributed by atoms with E-state index in [1.165, 1.54) is 5.56 Å². The Balaban J connectivity index is 2.30. The maximum absolute atomic E-state index is 6.01. The largest absolute Gasteiger partial charge is 0.352 e. The van der Waals surface area contributed by atoms with E-state index in [1.54, 1.807) is 0 Å². The highest BCUT2D eigenvalue weighted by Crippen LogP contribution is 2.27. The lowest BCUT2D eigenvalue weighted by molar-refractivity contribution is 0.621. The van der Waals surface area contributed by atoms with Crippen LogP contribution in [0.1, 0.15) is 18.9 Å². The lowest BCUT2D eigenvalue weighted by Crippen LogP contribution is -2.37. The second-order valence-corrected chi connectivity index (χ2v) is 5.10. The first-order valence-corrected chi connectivity index (χ1v) is 6.03. The fraction of sp³-hybridized carbons (Fsp3) is 0.545. The molecule has 1 aromatic heterocycles. The fourth-order valence-electron chi connectivity index (χ4n) is 2.10. The van der Waals surface area contributed by atoms with Gasteiger partial charge in [0.1, 0.15) is 5.82 Å². The number of nitrogens with two attached hydrogens (primary N) is 1. The molecule has 1 aliphatic heterocycles. The van der Waals surface area contributed by atoms with E-state index in [0.717, 1.165) is 23.3 Å². The Kier molecular flexibility index (Phi) is 2.98. The third-order valence-corrected chi connectivity index (χ3v) is 3.54. The van der Waals surface area contributed by atoms with Crippen molar-refractivity contribution in [3.8, 4) is 0 Å². The summed E-state index contributed by atoms with van der Waals surface area (Å²) >= 11 is 3.43. The Labute approximate surface area is 98.8 Å². The first-order valence-electron chi connectivity index (χ1n) is 5.24. The number of anilines is 1. The van der Waals surface area contributed by atoms with Crippen LogP contribution >= 0.6 is 15.9 Å². The number of halogens is 1. The molecular formula is C11H16BrN3. The SMILES string of the molecule is Cc1cc(Br)cnc1N1CCC(N)C1C. The standard InChI is InChI=1S/C11H16BrN3/c1-7-5-9(12)6-14-11(7)15-4-3-10(13)8(15)2/h5-6,8,10H,3-4,13H2,1-2H3. The number of rotatable bonds is 1. The van der Waals surface area contributed by atoms with E-state index in [-0.39, 0.29) is 6.04 Å². The summed E-state index contributed by atoms with van der Waals surface area (Å²) in [6, 6.07) is 2.76. The molecule has 4 heteroatoms. The van der Waals surface area contributed by atoms with Crippen molar-refractivity contribution in [2.45, 2.75) is 32.4 Å². The van der Waals surface area contributed by atoms with Crippen molar-refractivity contribution in [3.63, 3.8) is 0 Å². The molecule has 15 heavy (non-hydrogen) atoms. The quantitative estimate of drug-likeness (QED) is 0.849. The van der Waals surface area contributed by atoms with Gasteiger partial charge >= 0.3 is 0 Å². The van der Waals surface area contributed by atoms with Crippen molar-refractivity contribution in [2.24, 2.45) is 5.73 Å². The maximum Gasteiger partial charge on any atom is 0.131 e. The van der Waals surface area contributed by atoms with E-state index in [2.05, 4.69) is 45.7 Å². The second-order valence-electron chi connectivity index (χ2n) is 4.18. The van der Waals surface area contributed by atoms with E-state index >= 15 is 0 Å². The predicted octanol–water partition coefficient (Wildman–Crippen LogP) is 2.08. The van der Waals surface area contributed by atoms with Crippen molar-refractivity contribution >= 4 is 21.7 Å². The molecule has 2 atom stereocenters. The van der Waals surface area contributed by atoms with Crippen LogP contribution in [0.3, 0.4) is 0 Å². The molecule has 1 aromatic rings. The molecule has 0 amide bonds. The first-order chi connectivity index (χ1) is 7.09. The van der Waals surface area contributed by atoms with Gasteiger partial charge in [-0.05, 0) is 47.8 Å². The molecule has 0 aliphatic carbocycles. The zero-order valence-corrected chi connectivity index (χ0v) is 10.7. The molecule has 0 spiro atoms. The molecule has 2 rings (SSSR count). The topological polar surface area (TPSA) is 42.2 Å². The van der Waals surface area contributed by atoms with E-state index < -0.39 is 0 Å². The number of aryl methyl sites for hydroxylation is 1. The Morgan fingerprint density at radius 3 is 2.87 bits per heavy atom. The van der Waals surface area contributed by atoms with E-state index in [4.69, 9.17) is 5.73 Å². The summed E-state index contributed by atoms with van der Waals surface area (Å²) in [4.78, 5) is 6.77. The van der Waals surface area contributed by atoms with Gasteiger partial charge < -0.3 is 10.6 Å². The summed E-state index contributed by atoms with van der Waals surface area (Å²) in [6.07, 6.45) is 2.90. The third-order valence-electron chi connectivity index (χ3n) is 3.10. The van der Waals surface area contributed by atoms with Gasteiger partial charge in [0.25, 0.3) is 0 Å². The van der Waals surface area contributed by atoms with Gasteiger partial charge in [-0.15, -0.1) is 0 Å². The van der Waals surface area contributed by atoms with Crippen LogP contribution in [0.25, 0.3) is 0 Å². The molecule has 0 radical (unpaired) electrons. The average Bonchev–Trinajstić information content (AvgIpc) is 2.49. The van der Waals surface area contributed by atoms with Gasteiger partial charge in [-0.3, -0.25) is 0 Å². The van der Waals surface area contributed by atoms with E-state index in [1.807, 2.05) is 6.20 Å². The highest BCUT2D eigenvalue weighted by molar-refractivity contribution is 9.10. The molecular weight excluding hydrogens is 254 g/mol. The molecule has 1 saturated heterocycles. The molecule has 2 unspecified atom stereocenters. The van der Waals surface area contributed by atoms with Crippen LogP contribution in [-0.4, -0.2) is 23.6 Å². The number of aromatic nitrogens is 1. The summed E-state index contributed by atoms with van der Waals surface area (Å²) < 4.78 is 1.03. The molecule has 3 nitrogen and oxygen atoms in total. The van der Waals surface area contributed by atoms with Crippen LogP contribution in [0, 0.1) is 6.92 Å². The number of hydrogen-bond acceptors (Lipinski definition) is 3. The number of pyridine rings is 1. The summed E-state index contributed by atoms with van der Waals surface area (Å²) in [5.41, 5.74) is 7.21. The minimum absolute atomic E-state index is 0.273. The molecule has 2 heterocycles. The Morgan fingerprint density at radius 2 is 2.33 bits per heavy atom. The average molecular weight is 270 g/mol.